The normalized spacial score (nSPS) is 30.2. The molecule has 0 radical (unpaired) electrons. The van der Waals surface area contributed by atoms with Crippen LogP contribution in [-0.4, -0.2) is 36.0 Å². The lowest BCUT2D eigenvalue weighted by Crippen LogP contribution is -2.51. The fourth-order valence-corrected chi connectivity index (χ4v) is 1.50. The van der Waals surface area contributed by atoms with Crippen molar-refractivity contribution in [2.75, 3.05) is 13.6 Å². The Labute approximate surface area is 74.1 Å². The van der Waals surface area contributed by atoms with Gasteiger partial charge < -0.3 is 10.2 Å². The van der Waals surface area contributed by atoms with Crippen LogP contribution >= 0.6 is 0 Å². The van der Waals surface area contributed by atoms with Gasteiger partial charge in [0.15, 0.2) is 0 Å². The Morgan fingerprint density at radius 1 is 1.58 bits per heavy atom. The van der Waals surface area contributed by atoms with Crippen LogP contribution in [0.5, 0.6) is 0 Å². The highest BCUT2D eigenvalue weighted by Gasteiger charge is 2.34. The second-order valence-electron chi connectivity index (χ2n) is 4.11. The molecule has 1 atom stereocenters. The maximum absolute atomic E-state index is 11.7. The maximum Gasteiger partial charge on any atom is 0.242 e. The molecule has 0 aromatic carbocycles. The minimum absolute atomic E-state index is 0.188. The molecule has 12 heavy (non-hydrogen) atoms. The number of nitrogens with one attached hydrogen (secondary N) is 1. The quantitative estimate of drug-likeness (QED) is 0.577. The average Bonchev–Trinajstić information content (AvgIpc) is 2.06. The Morgan fingerprint density at radius 2 is 2.17 bits per heavy atom. The summed E-state index contributed by atoms with van der Waals surface area (Å²) in [5.41, 5.74) is -0.389. The first-order chi connectivity index (χ1) is 5.45. The highest BCUT2D eigenvalue weighted by Crippen LogP contribution is 2.14. The standard InChI is InChI=1S/C9H18N2O/c1-7-5-6-10-9(2,3)8(12)11(7)4/h7,10H,5-6H2,1-4H3. The van der Waals surface area contributed by atoms with Crippen molar-refractivity contribution in [2.24, 2.45) is 0 Å². The number of rotatable bonds is 0. The van der Waals surface area contributed by atoms with Gasteiger partial charge in [0, 0.05) is 13.1 Å². The van der Waals surface area contributed by atoms with Gasteiger partial charge >= 0.3 is 0 Å². The number of carbonyl (C=O) groups is 1. The zero-order valence-electron chi connectivity index (χ0n) is 8.35. The van der Waals surface area contributed by atoms with Crippen LogP contribution < -0.4 is 5.32 Å². The van der Waals surface area contributed by atoms with E-state index in [0.29, 0.717) is 6.04 Å². The molecule has 0 bridgehead atoms. The first-order valence-corrected chi connectivity index (χ1v) is 4.47. The minimum Gasteiger partial charge on any atom is -0.341 e. The molecule has 1 heterocycles. The summed E-state index contributed by atoms with van der Waals surface area (Å²) in [6.45, 7) is 6.87. The van der Waals surface area contributed by atoms with Crippen molar-refractivity contribution in [1.29, 1.82) is 0 Å². The van der Waals surface area contributed by atoms with Crippen molar-refractivity contribution in [3.8, 4) is 0 Å². The van der Waals surface area contributed by atoms with Gasteiger partial charge in [0.1, 0.15) is 0 Å². The van der Waals surface area contributed by atoms with E-state index in [4.69, 9.17) is 0 Å². The Bertz CT molecular complexity index is 189. The van der Waals surface area contributed by atoms with Crippen LogP contribution in [-0.2, 0) is 4.79 Å². The van der Waals surface area contributed by atoms with Crippen LogP contribution in [0.15, 0.2) is 0 Å². The van der Waals surface area contributed by atoms with E-state index in [1.165, 1.54) is 0 Å². The van der Waals surface area contributed by atoms with Crippen molar-refractivity contribution in [3.05, 3.63) is 0 Å². The zero-order valence-corrected chi connectivity index (χ0v) is 8.35. The van der Waals surface area contributed by atoms with E-state index in [1.807, 2.05) is 25.8 Å². The molecule has 3 nitrogen and oxygen atoms in total. The second kappa shape index (κ2) is 3.05. The summed E-state index contributed by atoms with van der Waals surface area (Å²) in [4.78, 5) is 13.6. The minimum atomic E-state index is -0.389. The van der Waals surface area contributed by atoms with Gasteiger partial charge in [0.25, 0.3) is 0 Å². The number of hydrogen-bond donors (Lipinski definition) is 1. The highest BCUT2D eigenvalue weighted by atomic mass is 16.2. The lowest BCUT2D eigenvalue weighted by Gasteiger charge is -2.28. The Kier molecular flexibility index (Phi) is 2.42. The van der Waals surface area contributed by atoms with Crippen molar-refractivity contribution < 1.29 is 4.79 Å². The van der Waals surface area contributed by atoms with Crippen LogP contribution in [0.2, 0.25) is 0 Å². The molecule has 1 unspecified atom stereocenters. The van der Waals surface area contributed by atoms with E-state index in [1.54, 1.807) is 0 Å². The summed E-state index contributed by atoms with van der Waals surface area (Å²) in [5, 5.41) is 3.24. The summed E-state index contributed by atoms with van der Waals surface area (Å²) in [6, 6.07) is 0.353. The van der Waals surface area contributed by atoms with Crippen LogP contribution in [0.4, 0.5) is 0 Å². The number of likely N-dealkylation sites (N-methyl/N-ethyl adjacent to an activating group) is 1. The van der Waals surface area contributed by atoms with Gasteiger partial charge in [-0.1, -0.05) is 0 Å². The number of amides is 1. The van der Waals surface area contributed by atoms with E-state index in [9.17, 15) is 4.79 Å². The number of hydrogen-bond acceptors (Lipinski definition) is 2. The lowest BCUT2D eigenvalue weighted by atomic mass is 10.0. The molecule has 1 rings (SSSR count). The molecule has 1 fully saturated rings. The first-order valence-electron chi connectivity index (χ1n) is 4.47. The predicted octanol–water partition coefficient (Wildman–Crippen LogP) is 0.605. The third-order valence-electron chi connectivity index (χ3n) is 2.65. The molecule has 1 amide bonds. The molecule has 0 aliphatic carbocycles. The molecule has 1 N–H and O–H groups in total. The molecule has 1 aliphatic heterocycles. The summed E-state index contributed by atoms with van der Waals surface area (Å²) in [5.74, 6) is 0.188. The molecule has 3 heteroatoms. The SMILES string of the molecule is CC1CCNC(C)(C)C(=O)N1C. The summed E-state index contributed by atoms with van der Waals surface area (Å²) in [6.07, 6.45) is 1.03. The monoisotopic (exact) mass is 170 g/mol. The third kappa shape index (κ3) is 1.61. The fourth-order valence-electron chi connectivity index (χ4n) is 1.50. The highest BCUT2D eigenvalue weighted by molar-refractivity contribution is 5.85. The lowest BCUT2D eigenvalue weighted by molar-refractivity contribution is -0.136. The van der Waals surface area contributed by atoms with Crippen molar-refractivity contribution in [2.45, 2.75) is 38.8 Å². The van der Waals surface area contributed by atoms with E-state index in [2.05, 4.69) is 12.2 Å². The molecule has 0 spiro atoms. The molecule has 0 aromatic rings. The van der Waals surface area contributed by atoms with Gasteiger partial charge in [0.2, 0.25) is 5.91 Å². The predicted molar refractivity (Wildman–Crippen MR) is 48.9 cm³/mol. The number of nitrogens with zero attached hydrogens (tertiary/aromatic N) is 1. The average molecular weight is 170 g/mol. The summed E-state index contributed by atoms with van der Waals surface area (Å²) in [7, 11) is 1.88. The first kappa shape index (κ1) is 9.52. The van der Waals surface area contributed by atoms with Crippen molar-refractivity contribution in [1.82, 2.24) is 10.2 Å². The van der Waals surface area contributed by atoms with Crippen LogP contribution in [0, 0.1) is 0 Å². The number of carbonyl (C=O) groups excluding carboxylic acids is 1. The summed E-state index contributed by atoms with van der Waals surface area (Å²) >= 11 is 0. The zero-order chi connectivity index (χ0) is 9.35. The van der Waals surface area contributed by atoms with E-state index < -0.39 is 0 Å². The maximum atomic E-state index is 11.7. The van der Waals surface area contributed by atoms with Gasteiger partial charge in [-0.25, -0.2) is 0 Å². The van der Waals surface area contributed by atoms with E-state index in [0.717, 1.165) is 13.0 Å². The molecular weight excluding hydrogens is 152 g/mol. The van der Waals surface area contributed by atoms with Gasteiger partial charge in [0.05, 0.1) is 5.54 Å². The van der Waals surface area contributed by atoms with E-state index in [-0.39, 0.29) is 11.4 Å². The molecule has 70 valence electrons. The smallest absolute Gasteiger partial charge is 0.242 e. The summed E-state index contributed by atoms with van der Waals surface area (Å²) < 4.78 is 0. The molecular formula is C9H18N2O. The Hall–Kier alpha value is -0.570. The van der Waals surface area contributed by atoms with Gasteiger partial charge in [-0.2, -0.15) is 0 Å². The largest absolute Gasteiger partial charge is 0.341 e. The molecule has 1 aliphatic rings. The van der Waals surface area contributed by atoms with Crippen LogP contribution in [0.3, 0.4) is 0 Å². The molecule has 0 aromatic heterocycles. The van der Waals surface area contributed by atoms with E-state index >= 15 is 0 Å². The van der Waals surface area contributed by atoms with Crippen molar-refractivity contribution in [3.63, 3.8) is 0 Å². The second-order valence-corrected chi connectivity index (χ2v) is 4.11. The van der Waals surface area contributed by atoms with Gasteiger partial charge in [-0.05, 0) is 33.7 Å². The fraction of sp³-hybridized carbons (Fsp3) is 0.889. The van der Waals surface area contributed by atoms with Crippen LogP contribution in [0.25, 0.3) is 0 Å². The Morgan fingerprint density at radius 3 is 2.75 bits per heavy atom. The molecule has 0 saturated carbocycles. The van der Waals surface area contributed by atoms with Crippen molar-refractivity contribution >= 4 is 5.91 Å². The van der Waals surface area contributed by atoms with Gasteiger partial charge in [-0.3, -0.25) is 4.79 Å². The van der Waals surface area contributed by atoms with Crippen LogP contribution in [0.1, 0.15) is 27.2 Å². The molecule has 1 saturated heterocycles. The third-order valence-corrected chi connectivity index (χ3v) is 2.65. The topological polar surface area (TPSA) is 32.3 Å². The Balaban J connectivity index is 2.81. The van der Waals surface area contributed by atoms with Gasteiger partial charge in [-0.15, -0.1) is 0 Å².